The van der Waals surface area contributed by atoms with E-state index < -0.39 is 17.4 Å². The summed E-state index contributed by atoms with van der Waals surface area (Å²) < 4.78 is 31.3. The number of carbonyl (C=O) groups excluding carboxylic acids is 1. The van der Waals surface area contributed by atoms with Gasteiger partial charge in [-0.1, -0.05) is 0 Å². The molecule has 2 nitrogen and oxygen atoms in total. The zero-order valence-electron chi connectivity index (χ0n) is 8.50. The van der Waals surface area contributed by atoms with Gasteiger partial charge in [0.2, 0.25) is 5.78 Å². The van der Waals surface area contributed by atoms with Crippen molar-refractivity contribution in [2.45, 2.75) is 12.8 Å². The third-order valence-corrected chi connectivity index (χ3v) is 2.33. The van der Waals surface area contributed by atoms with Gasteiger partial charge >= 0.3 is 0 Å². The highest BCUT2D eigenvalue weighted by Crippen LogP contribution is 2.18. The lowest BCUT2D eigenvalue weighted by Crippen LogP contribution is -2.13. The van der Waals surface area contributed by atoms with E-state index in [2.05, 4.69) is 0 Å². The summed E-state index contributed by atoms with van der Waals surface area (Å²) in [6, 6.07) is 2.80. The van der Waals surface area contributed by atoms with Crippen molar-refractivity contribution in [3.05, 3.63) is 47.2 Å². The lowest BCUT2D eigenvalue weighted by molar-refractivity contribution is 0.0894. The minimum Gasteiger partial charge on any atom is -0.490 e. The number of ether oxygens (including phenoxy) is 1. The van der Waals surface area contributed by atoms with E-state index in [1.807, 2.05) is 0 Å². The number of hydrogen-bond donors (Lipinski definition) is 0. The van der Waals surface area contributed by atoms with Crippen LogP contribution in [0.15, 0.2) is 30.0 Å². The van der Waals surface area contributed by atoms with Gasteiger partial charge in [0.05, 0.1) is 12.2 Å². The van der Waals surface area contributed by atoms with Gasteiger partial charge in [-0.15, -0.1) is 0 Å². The molecule has 1 aromatic rings. The molecule has 0 atom stereocenters. The smallest absolute Gasteiger partial charge is 0.230 e. The summed E-state index contributed by atoms with van der Waals surface area (Å²) in [5.74, 6) is -1.87. The maximum Gasteiger partial charge on any atom is 0.230 e. The van der Waals surface area contributed by atoms with Crippen molar-refractivity contribution < 1.29 is 18.3 Å². The molecule has 1 aliphatic rings. The van der Waals surface area contributed by atoms with Crippen molar-refractivity contribution in [2.24, 2.45) is 0 Å². The highest BCUT2D eigenvalue weighted by atomic mass is 19.1. The number of benzene rings is 1. The molecule has 4 heteroatoms. The highest BCUT2D eigenvalue weighted by Gasteiger charge is 2.19. The van der Waals surface area contributed by atoms with Gasteiger partial charge in [-0.2, -0.15) is 0 Å². The second-order valence-corrected chi connectivity index (χ2v) is 3.51. The summed E-state index contributed by atoms with van der Waals surface area (Å²) in [4.78, 5) is 11.8. The first-order valence-electron chi connectivity index (χ1n) is 5.01. The molecule has 0 unspecified atom stereocenters. The molecule has 1 aromatic carbocycles. The van der Waals surface area contributed by atoms with Crippen molar-refractivity contribution in [1.82, 2.24) is 0 Å². The van der Waals surface area contributed by atoms with Crippen LogP contribution in [-0.4, -0.2) is 12.4 Å². The molecule has 0 saturated carbocycles. The predicted octanol–water partition coefficient (Wildman–Crippen LogP) is 2.84. The number of ketones is 1. The Morgan fingerprint density at radius 3 is 2.81 bits per heavy atom. The Bertz CT molecular complexity index is 452. The van der Waals surface area contributed by atoms with Gasteiger partial charge < -0.3 is 4.74 Å². The normalized spacial score (nSPS) is 15.2. The Labute approximate surface area is 91.5 Å². The van der Waals surface area contributed by atoms with Crippen molar-refractivity contribution in [3.8, 4) is 0 Å². The quantitative estimate of drug-likeness (QED) is 0.722. The minimum absolute atomic E-state index is 0.107. The van der Waals surface area contributed by atoms with Crippen LogP contribution in [-0.2, 0) is 4.74 Å². The van der Waals surface area contributed by atoms with Crippen molar-refractivity contribution in [1.29, 1.82) is 0 Å². The summed E-state index contributed by atoms with van der Waals surface area (Å²) in [6.07, 6.45) is 3.16. The molecule has 1 heterocycles. The Hall–Kier alpha value is -1.71. The summed E-state index contributed by atoms with van der Waals surface area (Å²) in [6.45, 7) is 0.439. The van der Waals surface area contributed by atoms with Gasteiger partial charge in [0.25, 0.3) is 0 Å². The fourth-order valence-electron chi connectivity index (χ4n) is 1.52. The summed E-state index contributed by atoms with van der Waals surface area (Å²) in [7, 11) is 0. The lowest BCUT2D eigenvalue weighted by Gasteiger charge is -2.13. The monoisotopic (exact) mass is 224 g/mol. The second-order valence-electron chi connectivity index (χ2n) is 3.51. The van der Waals surface area contributed by atoms with Crippen LogP contribution in [0.1, 0.15) is 23.2 Å². The maximum absolute atomic E-state index is 13.3. The van der Waals surface area contributed by atoms with E-state index in [9.17, 15) is 13.6 Å². The van der Waals surface area contributed by atoms with Crippen LogP contribution in [0.5, 0.6) is 0 Å². The fourth-order valence-corrected chi connectivity index (χ4v) is 1.52. The summed E-state index contributed by atoms with van der Waals surface area (Å²) in [5, 5.41) is 0. The maximum atomic E-state index is 13.3. The fraction of sp³-hybridized carbons (Fsp3) is 0.250. The first kappa shape index (κ1) is 10.8. The van der Waals surface area contributed by atoms with E-state index in [1.165, 1.54) is 0 Å². The lowest BCUT2D eigenvalue weighted by atomic mass is 10.1. The zero-order valence-corrected chi connectivity index (χ0v) is 8.50. The molecule has 2 rings (SSSR count). The average molecular weight is 224 g/mol. The van der Waals surface area contributed by atoms with Gasteiger partial charge in [-0.05, 0) is 37.1 Å². The SMILES string of the molecule is O=C(C1=CCCCO1)c1cc(F)ccc1F. The number of allylic oxidation sites excluding steroid dienone is 2. The summed E-state index contributed by atoms with van der Waals surface area (Å²) in [5.41, 5.74) is -0.284. The van der Waals surface area contributed by atoms with E-state index in [-0.39, 0.29) is 11.3 Å². The number of hydrogen-bond acceptors (Lipinski definition) is 2. The van der Waals surface area contributed by atoms with E-state index >= 15 is 0 Å². The molecule has 16 heavy (non-hydrogen) atoms. The van der Waals surface area contributed by atoms with Gasteiger partial charge in [-0.3, -0.25) is 4.79 Å². The third-order valence-electron chi connectivity index (χ3n) is 2.33. The topological polar surface area (TPSA) is 26.3 Å². The molecular formula is C12H10F2O2. The minimum atomic E-state index is -0.735. The van der Waals surface area contributed by atoms with E-state index in [1.54, 1.807) is 6.08 Å². The van der Waals surface area contributed by atoms with Crippen LogP contribution < -0.4 is 0 Å². The molecule has 1 aliphatic heterocycles. The number of carbonyl (C=O) groups is 1. The van der Waals surface area contributed by atoms with Crippen LogP contribution in [0.4, 0.5) is 8.78 Å². The molecule has 0 radical (unpaired) electrons. The molecular weight excluding hydrogens is 214 g/mol. The molecule has 0 saturated heterocycles. The largest absolute Gasteiger partial charge is 0.490 e. The van der Waals surface area contributed by atoms with Gasteiger partial charge in [0.1, 0.15) is 11.6 Å². The van der Waals surface area contributed by atoms with Crippen LogP contribution in [0.25, 0.3) is 0 Å². The summed E-state index contributed by atoms with van der Waals surface area (Å²) >= 11 is 0. The van der Waals surface area contributed by atoms with Crippen LogP contribution in [0.2, 0.25) is 0 Å². The Balaban J connectivity index is 2.33. The van der Waals surface area contributed by atoms with Crippen molar-refractivity contribution >= 4 is 5.78 Å². The molecule has 0 N–H and O–H groups in total. The molecule has 0 aromatic heterocycles. The molecule has 0 amide bonds. The molecule has 0 spiro atoms. The molecule has 0 aliphatic carbocycles. The van der Waals surface area contributed by atoms with Crippen LogP contribution in [0, 0.1) is 11.6 Å². The molecule has 0 fully saturated rings. The average Bonchev–Trinajstić information content (AvgIpc) is 2.32. The van der Waals surface area contributed by atoms with Crippen LogP contribution in [0.3, 0.4) is 0 Å². The first-order valence-corrected chi connectivity index (χ1v) is 5.01. The predicted molar refractivity (Wildman–Crippen MR) is 54.0 cm³/mol. The number of Topliss-reactive ketones (excluding diaryl/α,β-unsaturated/α-hetero) is 1. The van der Waals surface area contributed by atoms with Gasteiger partial charge in [0.15, 0.2) is 5.76 Å². The molecule has 84 valence electrons. The Morgan fingerprint density at radius 1 is 1.31 bits per heavy atom. The van der Waals surface area contributed by atoms with Crippen molar-refractivity contribution in [3.63, 3.8) is 0 Å². The Morgan fingerprint density at radius 2 is 2.12 bits per heavy atom. The standard InChI is InChI=1S/C12H10F2O2/c13-8-4-5-10(14)9(7-8)12(15)11-3-1-2-6-16-11/h3-5,7H,1-2,6H2. The third kappa shape index (κ3) is 2.10. The second kappa shape index (κ2) is 4.43. The van der Waals surface area contributed by atoms with E-state index in [0.29, 0.717) is 6.61 Å². The van der Waals surface area contributed by atoms with Gasteiger partial charge in [0, 0.05) is 0 Å². The number of rotatable bonds is 2. The Kier molecular flexibility index (Phi) is 2.99. The first-order chi connectivity index (χ1) is 7.68. The van der Waals surface area contributed by atoms with E-state index in [0.717, 1.165) is 31.0 Å². The number of halogens is 2. The molecule has 0 bridgehead atoms. The highest BCUT2D eigenvalue weighted by molar-refractivity contribution is 6.07. The van der Waals surface area contributed by atoms with Crippen LogP contribution >= 0.6 is 0 Å². The van der Waals surface area contributed by atoms with E-state index in [4.69, 9.17) is 4.74 Å². The van der Waals surface area contributed by atoms with Crippen molar-refractivity contribution in [2.75, 3.05) is 6.61 Å². The van der Waals surface area contributed by atoms with Gasteiger partial charge in [-0.25, -0.2) is 8.78 Å². The zero-order chi connectivity index (χ0) is 11.5.